The van der Waals surface area contributed by atoms with Gasteiger partial charge in [0.25, 0.3) is 0 Å². The summed E-state index contributed by atoms with van der Waals surface area (Å²) in [6.45, 7) is 0. The molecule has 26 heavy (non-hydrogen) atoms. The molecule has 0 spiro atoms. The minimum atomic E-state index is 1.37. The van der Waals surface area contributed by atoms with E-state index >= 15 is 0 Å². The van der Waals surface area contributed by atoms with Crippen LogP contribution in [0.4, 0.5) is 0 Å². The number of benzene rings is 5. The minimum absolute atomic E-state index is 1.37. The van der Waals surface area contributed by atoms with Gasteiger partial charge in [0, 0.05) is 0 Å². The first-order valence-corrected chi connectivity index (χ1v) is 9.14. The zero-order valence-electron chi connectivity index (χ0n) is 14.1. The fourth-order valence-corrected chi connectivity index (χ4v) is 5.19. The number of rotatable bonds is 0. The Balaban J connectivity index is 1.86. The number of fused-ring (bicyclic) bond motifs is 9. The topological polar surface area (TPSA) is 0 Å². The SMILES string of the molecule is c1ccc2c(c1)-c1ccc3c4c(c5ccccc5c-2c14)-c1ccccc1-3. The van der Waals surface area contributed by atoms with Crippen LogP contribution in [0.1, 0.15) is 0 Å². The van der Waals surface area contributed by atoms with Crippen molar-refractivity contribution in [1.29, 1.82) is 0 Å². The van der Waals surface area contributed by atoms with Crippen LogP contribution >= 0.6 is 0 Å². The highest BCUT2D eigenvalue weighted by molar-refractivity contribution is 6.34. The van der Waals surface area contributed by atoms with Crippen molar-refractivity contribution < 1.29 is 0 Å². The molecule has 0 atom stereocenters. The highest BCUT2D eigenvalue weighted by atomic mass is 14.3. The molecule has 0 aromatic heterocycles. The molecule has 118 valence electrons. The third-order valence-corrected chi connectivity index (χ3v) is 6.14. The van der Waals surface area contributed by atoms with E-state index in [1.807, 2.05) is 0 Å². The first-order valence-electron chi connectivity index (χ1n) is 9.14. The van der Waals surface area contributed by atoms with Crippen LogP contribution in [0.2, 0.25) is 0 Å². The van der Waals surface area contributed by atoms with Gasteiger partial charge in [-0.05, 0) is 66.1 Å². The molecule has 0 heteroatoms. The van der Waals surface area contributed by atoms with Gasteiger partial charge in [0.15, 0.2) is 0 Å². The molecular formula is C26H14. The zero-order valence-corrected chi connectivity index (χ0v) is 14.1. The quantitative estimate of drug-likeness (QED) is 0.257. The summed E-state index contributed by atoms with van der Waals surface area (Å²) >= 11 is 0. The van der Waals surface area contributed by atoms with Gasteiger partial charge >= 0.3 is 0 Å². The average Bonchev–Trinajstić information content (AvgIpc) is 3.22. The van der Waals surface area contributed by atoms with E-state index < -0.39 is 0 Å². The van der Waals surface area contributed by atoms with Crippen molar-refractivity contribution in [3.63, 3.8) is 0 Å². The molecule has 0 saturated heterocycles. The number of hydrogen-bond acceptors (Lipinski definition) is 0. The molecule has 0 saturated carbocycles. The van der Waals surface area contributed by atoms with Crippen molar-refractivity contribution >= 4 is 21.5 Å². The van der Waals surface area contributed by atoms with Gasteiger partial charge < -0.3 is 0 Å². The summed E-state index contributed by atoms with van der Waals surface area (Å²) in [5, 5.41) is 5.62. The summed E-state index contributed by atoms with van der Waals surface area (Å²) < 4.78 is 0. The van der Waals surface area contributed by atoms with Crippen LogP contribution in [-0.4, -0.2) is 0 Å². The lowest BCUT2D eigenvalue weighted by Gasteiger charge is -2.12. The molecule has 0 bridgehead atoms. The third-order valence-electron chi connectivity index (χ3n) is 6.14. The van der Waals surface area contributed by atoms with Crippen LogP contribution in [0, 0.1) is 0 Å². The van der Waals surface area contributed by atoms with E-state index in [2.05, 4.69) is 84.9 Å². The molecule has 0 radical (unpaired) electrons. The van der Waals surface area contributed by atoms with Crippen LogP contribution in [0.3, 0.4) is 0 Å². The lowest BCUT2D eigenvalue weighted by molar-refractivity contribution is 1.68. The second-order valence-electron chi connectivity index (χ2n) is 7.30. The average molecular weight is 326 g/mol. The van der Waals surface area contributed by atoms with Crippen molar-refractivity contribution in [3.8, 4) is 44.5 Å². The van der Waals surface area contributed by atoms with Crippen molar-refractivity contribution in [3.05, 3.63) is 84.9 Å². The molecular weight excluding hydrogens is 312 g/mol. The Kier molecular flexibility index (Phi) is 2.10. The van der Waals surface area contributed by atoms with Crippen molar-refractivity contribution in [2.75, 3.05) is 0 Å². The summed E-state index contributed by atoms with van der Waals surface area (Å²) in [5.74, 6) is 0. The third kappa shape index (κ3) is 1.28. The van der Waals surface area contributed by atoms with Crippen molar-refractivity contribution in [2.24, 2.45) is 0 Å². The summed E-state index contributed by atoms with van der Waals surface area (Å²) in [4.78, 5) is 0. The molecule has 2 aliphatic carbocycles. The first-order chi connectivity index (χ1) is 12.9. The van der Waals surface area contributed by atoms with Gasteiger partial charge in [-0.1, -0.05) is 84.9 Å². The Bertz CT molecular complexity index is 1310. The Morgan fingerprint density at radius 2 is 0.692 bits per heavy atom. The molecule has 0 fully saturated rings. The lowest BCUT2D eigenvalue weighted by atomic mass is 9.90. The van der Waals surface area contributed by atoms with Gasteiger partial charge in [0.1, 0.15) is 0 Å². The van der Waals surface area contributed by atoms with E-state index in [1.54, 1.807) is 0 Å². The van der Waals surface area contributed by atoms with Gasteiger partial charge in [-0.2, -0.15) is 0 Å². The normalized spacial score (nSPS) is 12.6. The van der Waals surface area contributed by atoms with Crippen molar-refractivity contribution in [2.45, 2.75) is 0 Å². The molecule has 0 aliphatic heterocycles. The van der Waals surface area contributed by atoms with Crippen LogP contribution in [0.15, 0.2) is 84.9 Å². The maximum absolute atomic E-state index is 2.33. The monoisotopic (exact) mass is 326 g/mol. The molecule has 5 aromatic rings. The van der Waals surface area contributed by atoms with Gasteiger partial charge in [-0.3, -0.25) is 0 Å². The highest BCUT2D eigenvalue weighted by Gasteiger charge is 2.31. The van der Waals surface area contributed by atoms with Gasteiger partial charge in [-0.15, -0.1) is 0 Å². The maximum Gasteiger partial charge on any atom is -0.000741 e. The zero-order chi connectivity index (χ0) is 16.8. The Labute approximate surface area is 151 Å². The molecule has 2 aliphatic rings. The van der Waals surface area contributed by atoms with E-state index in [1.165, 1.54) is 66.1 Å². The minimum Gasteiger partial charge on any atom is -0.0616 e. The highest BCUT2D eigenvalue weighted by Crippen LogP contribution is 2.59. The van der Waals surface area contributed by atoms with Gasteiger partial charge in [0.05, 0.1) is 0 Å². The van der Waals surface area contributed by atoms with E-state index in [9.17, 15) is 0 Å². The molecule has 0 unspecified atom stereocenters. The standard InChI is InChI=1S/C26H14/c1-3-9-17-15(7-1)21-13-14-22-16-8-2-4-10-18(16)24-20-12-6-5-11-19(20)23(17)25(21)26(22)24/h1-14H. The molecule has 0 N–H and O–H groups in total. The molecule has 0 heterocycles. The second-order valence-corrected chi connectivity index (χ2v) is 7.30. The van der Waals surface area contributed by atoms with Gasteiger partial charge in [-0.25, -0.2) is 0 Å². The second kappa shape index (κ2) is 4.23. The maximum atomic E-state index is 2.33. The van der Waals surface area contributed by atoms with Gasteiger partial charge in [0.2, 0.25) is 0 Å². The predicted octanol–water partition coefficient (Wildman–Crippen LogP) is 7.29. The summed E-state index contributed by atoms with van der Waals surface area (Å²) in [6, 6.07) is 31.3. The largest absolute Gasteiger partial charge is 0.0616 e. The van der Waals surface area contributed by atoms with E-state index in [0.717, 1.165) is 0 Å². The fourth-order valence-electron chi connectivity index (χ4n) is 5.19. The Morgan fingerprint density at radius 3 is 1.15 bits per heavy atom. The Hall–Kier alpha value is -3.38. The van der Waals surface area contributed by atoms with Crippen LogP contribution in [0.25, 0.3) is 66.1 Å². The molecule has 7 rings (SSSR count). The summed E-state index contributed by atoms with van der Waals surface area (Å²) in [5.41, 5.74) is 11.1. The van der Waals surface area contributed by atoms with E-state index in [4.69, 9.17) is 0 Å². The lowest BCUT2D eigenvalue weighted by Crippen LogP contribution is -1.84. The van der Waals surface area contributed by atoms with E-state index in [0.29, 0.717) is 0 Å². The van der Waals surface area contributed by atoms with Crippen LogP contribution in [0.5, 0.6) is 0 Å². The molecule has 5 aromatic carbocycles. The Morgan fingerprint density at radius 1 is 0.308 bits per heavy atom. The molecule has 0 nitrogen and oxygen atoms in total. The summed E-state index contributed by atoms with van der Waals surface area (Å²) in [6.07, 6.45) is 0. The van der Waals surface area contributed by atoms with Crippen LogP contribution < -0.4 is 0 Å². The summed E-state index contributed by atoms with van der Waals surface area (Å²) in [7, 11) is 0. The molecule has 0 amide bonds. The first kappa shape index (κ1) is 12.9. The van der Waals surface area contributed by atoms with Crippen molar-refractivity contribution in [1.82, 2.24) is 0 Å². The predicted molar refractivity (Wildman–Crippen MR) is 110 cm³/mol. The number of hydrogen-bond donors (Lipinski definition) is 0. The van der Waals surface area contributed by atoms with Crippen LogP contribution in [-0.2, 0) is 0 Å². The van der Waals surface area contributed by atoms with E-state index in [-0.39, 0.29) is 0 Å². The fraction of sp³-hybridized carbons (Fsp3) is 0. The smallest absolute Gasteiger partial charge is 0.000741 e.